The lowest BCUT2D eigenvalue weighted by molar-refractivity contribution is -0.123. The lowest BCUT2D eigenvalue weighted by atomic mass is 10.0. The van der Waals surface area contributed by atoms with Gasteiger partial charge in [0.25, 0.3) is 11.5 Å². The fraction of sp³-hybridized carbons (Fsp3) is 0.524. The van der Waals surface area contributed by atoms with Gasteiger partial charge in [-0.15, -0.1) is 0 Å². The Balaban J connectivity index is 1.83. The van der Waals surface area contributed by atoms with Gasteiger partial charge in [0.2, 0.25) is 0 Å². The largest absolute Gasteiger partial charge is 0.357 e. The molecule has 0 atom stereocenters. The van der Waals surface area contributed by atoms with E-state index in [1.807, 2.05) is 6.08 Å². The lowest BCUT2D eigenvalue weighted by Gasteiger charge is -2.25. The minimum absolute atomic E-state index is 0.0500. The molecule has 1 amide bonds. The fourth-order valence-corrected chi connectivity index (χ4v) is 5.99. The summed E-state index contributed by atoms with van der Waals surface area (Å²) in [6, 6.07) is 2.25. The van der Waals surface area contributed by atoms with Gasteiger partial charge >= 0.3 is 0 Å². The number of hydrogen-bond donors (Lipinski definition) is 0. The van der Waals surface area contributed by atoms with Crippen LogP contribution in [0, 0.1) is 18.3 Å². The van der Waals surface area contributed by atoms with Crippen LogP contribution in [-0.2, 0) is 11.8 Å². The maximum absolute atomic E-state index is 13.2. The van der Waals surface area contributed by atoms with Gasteiger partial charge in [-0.05, 0) is 44.2 Å². The number of anilines is 1. The van der Waals surface area contributed by atoms with Crippen LogP contribution in [0.25, 0.3) is 6.08 Å². The zero-order valence-corrected chi connectivity index (χ0v) is 18.4. The van der Waals surface area contributed by atoms with Crippen molar-refractivity contribution in [3.63, 3.8) is 0 Å². The van der Waals surface area contributed by atoms with Crippen molar-refractivity contribution >= 4 is 46.1 Å². The van der Waals surface area contributed by atoms with E-state index >= 15 is 0 Å². The Bertz CT molecular complexity index is 1010. The first kappa shape index (κ1) is 20.2. The first-order valence-corrected chi connectivity index (χ1v) is 11.3. The number of carbonyl (C=O) groups excluding carboxylic acids is 1. The molecule has 4 rings (SSSR count). The highest BCUT2D eigenvalue weighted by Gasteiger charge is 2.38. The molecule has 1 aromatic heterocycles. The van der Waals surface area contributed by atoms with Crippen molar-refractivity contribution in [1.29, 1.82) is 5.26 Å². The van der Waals surface area contributed by atoms with Gasteiger partial charge < -0.3 is 4.90 Å². The molecule has 29 heavy (non-hydrogen) atoms. The van der Waals surface area contributed by atoms with E-state index in [4.69, 9.17) is 12.2 Å². The average molecular weight is 429 g/mol. The van der Waals surface area contributed by atoms with Gasteiger partial charge in [0.1, 0.15) is 21.8 Å². The second kappa shape index (κ2) is 7.96. The van der Waals surface area contributed by atoms with Crippen molar-refractivity contribution < 1.29 is 4.79 Å². The molecule has 6 nitrogen and oxygen atoms in total. The summed E-state index contributed by atoms with van der Waals surface area (Å²) in [6.45, 7) is 3.52. The third-order valence-corrected chi connectivity index (χ3v) is 7.49. The van der Waals surface area contributed by atoms with Crippen LogP contribution >= 0.6 is 24.0 Å². The molecular formula is C21H24N4O2S2. The van der Waals surface area contributed by atoms with E-state index in [1.54, 1.807) is 23.4 Å². The second-order valence-corrected chi connectivity index (χ2v) is 9.57. The van der Waals surface area contributed by atoms with E-state index < -0.39 is 0 Å². The normalized spacial score (nSPS) is 21.6. The van der Waals surface area contributed by atoms with Gasteiger partial charge in [-0.3, -0.25) is 19.1 Å². The minimum Gasteiger partial charge on any atom is -0.357 e. The van der Waals surface area contributed by atoms with Crippen molar-refractivity contribution in [1.82, 2.24) is 9.47 Å². The molecule has 0 unspecified atom stereocenters. The molecule has 0 bridgehead atoms. The summed E-state index contributed by atoms with van der Waals surface area (Å²) in [5.74, 6) is 0.737. The van der Waals surface area contributed by atoms with Crippen molar-refractivity contribution in [2.45, 2.75) is 51.5 Å². The summed E-state index contributed by atoms with van der Waals surface area (Å²) < 4.78 is 2.17. The minimum atomic E-state index is -0.289. The van der Waals surface area contributed by atoms with Crippen LogP contribution in [0.1, 0.15) is 55.2 Å². The monoisotopic (exact) mass is 428 g/mol. The number of nitrogens with zero attached hydrogens (tertiary/aromatic N) is 4. The number of aromatic nitrogens is 1. The van der Waals surface area contributed by atoms with E-state index in [0.29, 0.717) is 14.8 Å². The van der Waals surface area contributed by atoms with Crippen molar-refractivity contribution in [3.05, 3.63) is 31.9 Å². The predicted octanol–water partition coefficient (Wildman–Crippen LogP) is 3.31. The van der Waals surface area contributed by atoms with Gasteiger partial charge in [-0.25, -0.2) is 0 Å². The van der Waals surface area contributed by atoms with E-state index in [-0.39, 0.29) is 23.1 Å². The van der Waals surface area contributed by atoms with Crippen molar-refractivity contribution in [2.24, 2.45) is 7.05 Å². The summed E-state index contributed by atoms with van der Waals surface area (Å²) in [6.07, 6.45) is 8.23. The molecule has 0 N–H and O–H groups in total. The Morgan fingerprint density at radius 3 is 2.45 bits per heavy atom. The molecule has 2 aliphatic heterocycles. The van der Waals surface area contributed by atoms with Crippen molar-refractivity contribution in [2.75, 3.05) is 18.0 Å². The molecule has 2 saturated heterocycles. The Hall–Kier alpha value is -2.11. The number of thiocarbonyl (C=S) groups is 1. The van der Waals surface area contributed by atoms with Gasteiger partial charge in [0.15, 0.2) is 0 Å². The maximum Gasteiger partial charge on any atom is 0.270 e. The predicted molar refractivity (Wildman–Crippen MR) is 120 cm³/mol. The fourth-order valence-electron chi connectivity index (χ4n) is 4.61. The number of pyridine rings is 1. The number of rotatable bonds is 3. The third-order valence-electron chi connectivity index (χ3n) is 6.16. The van der Waals surface area contributed by atoms with Crippen molar-refractivity contribution in [3.8, 4) is 6.07 Å². The molecule has 3 fully saturated rings. The van der Waals surface area contributed by atoms with Crippen LogP contribution in [0.4, 0.5) is 5.82 Å². The number of thioether (sulfide) groups is 1. The second-order valence-electron chi connectivity index (χ2n) is 7.90. The summed E-state index contributed by atoms with van der Waals surface area (Å²) >= 11 is 6.85. The first-order valence-electron chi connectivity index (χ1n) is 10.1. The highest BCUT2D eigenvalue weighted by molar-refractivity contribution is 8.26. The molecule has 1 aromatic rings. The molecule has 0 aromatic carbocycles. The van der Waals surface area contributed by atoms with Crippen LogP contribution in [0.2, 0.25) is 0 Å². The number of hydrogen-bond acceptors (Lipinski definition) is 6. The summed E-state index contributed by atoms with van der Waals surface area (Å²) in [5, 5.41) is 9.55. The van der Waals surface area contributed by atoms with Crippen LogP contribution in [0.5, 0.6) is 0 Å². The summed E-state index contributed by atoms with van der Waals surface area (Å²) in [7, 11) is 1.71. The summed E-state index contributed by atoms with van der Waals surface area (Å²) in [4.78, 5) is 30.4. The molecule has 3 heterocycles. The molecule has 152 valence electrons. The van der Waals surface area contributed by atoms with E-state index in [0.717, 1.165) is 63.0 Å². The Labute approximate surface area is 180 Å². The van der Waals surface area contributed by atoms with Crippen LogP contribution in [0.3, 0.4) is 0 Å². The highest BCUT2D eigenvalue weighted by atomic mass is 32.2. The highest BCUT2D eigenvalue weighted by Crippen LogP contribution is 2.39. The molecule has 3 aliphatic rings. The Kier molecular flexibility index (Phi) is 5.54. The molecule has 0 spiro atoms. The molecule has 8 heteroatoms. The van der Waals surface area contributed by atoms with Crippen LogP contribution in [0.15, 0.2) is 9.70 Å². The van der Waals surface area contributed by atoms with E-state index in [9.17, 15) is 14.9 Å². The van der Waals surface area contributed by atoms with Gasteiger partial charge in [-0.2, -0.15) is 5.26 Å². The Morgan fingerprint density at radius 1 is 1.17 bits per heavy atom. The standard InChI is InChI=1S/C21H24N4O2S2/c1-13-15(11-17-20(27)25(21(28)29-17)14-7-3-4-8-14)18(24-9-5-6-10-24)23(2)19(26)16(13)12-22/h11,14H,3-10H2,1-2H3/b17-11-. The van der Waals surface area contributed by atoms with E-state index in [2.05, 4.69) is 11.0 Å². The molecule has 1 saturated carbocycles. The van der Waals surface area contributed by atoms with Gasteiger partial charge in [-0.1, -0.05) is 36.8 Å². The molecule has 1 aliphatic carbocycles. The Morgan fingerprint density at radius 2 is 1.83 bits per heavy atom. The number of nitriles is 1. The van der Waals surface area contributed by atoms with Gasteiger partial charge in [0, 0.05) is 31.7 Å². The SMILES string of the molecule is Cc1c(/C=C2\SC(=S)N(C3CCCC3)C2=O)c(N2CCCC2)n(C)c(=O)c1C#N. The average Bonchev–Trinajstić information content (AvgIpc) is 3.44. The van der Waals surface area contributed by atoms with Gasteiger partial charge in [0.05, 0.1) is 4.91 Å². The topological polar surface area (TPSA) is 69.3 Å². The zero-order chi connectivity index (χ0) is 20.7. The summed E-state index contributed by atoms with van der Waals surface area (Å²) in [5.41, 5.74) is 1.25. The lowest BCUT2D eigenvalue weighted by Crippen LogP contribution is -2.36. The zero-order valence-electron chi connectivity index (χ0n) is 16.7. The first-order chi connectivity index (χ1) is 13.9. The smallest absolute Gasteiger partial charge is 0.270 e. The van der Waals surface area contributed by atoms with Crippen LogP contribution < -0.4 is 10.5 Å². The van der Waals surface area contributed by atoms with Crippen LogP contribution in [-0.4, -0.2) is 38.8 Å². The molecule has 0 radical (unpaired) electrons. The third kappa shape index (κ3) is 3.40. The van der Waals surface area contributed by atoms with E-state index in [1.165, 1.54) is 11.8 Å². The molecular weight excluding hydrogens is 404 g/mol. The number of carbonyl (C=O) groups is 1. The maximum atomic E-state index is 13.2. The quantitative estimate of drug-likeness (QED) is 0.543. The number of amides is 1.